The van der Waals surface area contributed by atoms with Crippen molar-refractivity contribution >= 4 is 56.4 Å². The molecule has 3 N–H and O–H groups in total. The number of nitrogens with two attached hydrogens (primary N) is 1. The number of hydrogen-bond acceptors (Lipinski definition) is 6. The van der Waals surface area contributed by atoms with Gasteiger partial charge >= 0.3 is 12.1 Å². The third-order valence-corrected chi connectivity index (χ3v) is 6.30. The maximum absolute atomic E-state index is 13.5. The molecule has 10 heteroatoms. The van der Waals surface area contributed by atoms with Gasteiger partial charge in [0.15, 0.2) is 0 Å². The first-order valence-corrected chi connectivity index (χ1v) is 12.1. The number of halogens is 3. The lowest BCUT2D eigenvalue weighted by Crippen LogP contribution is -2.38. The van der Waals surface area contributed by atoms with Crippen molar-refractivity contribution < 1.29 is 22.4 Å². The zero-order valence-electron chi connectivity index (χ0n) is 20.7. The topological polar surface area (TPSA) is 97.3 Å². The van der Waals surface area contributed by atoms with Gasteiger partial charge < -0.3 is 15.5 Å². The number of nitrogens with one attached hydrogen (secondary N) is 1. The fourth-order valence-electron chi connectivity index (χ4n) is 4.57. The third-order valence-electron chi connectivity index (χ3n) is 6.30. The van der Waals surface area contributed by atoms with E-state index in [1.807, 2.05) is 42.5 Å². The number of carbonyl (C=O) groups is 1. The minimum Gasteiger partial charge on any atom is -0.455 e. The smallest absolute Gasteiger partial charge is 0.455 e. The molecule has 0 spiro atoms. The van der Waals surface area contributed by atoms with Crippen molar-refractivity contribution in [3.8, 4) is 11.3 Å². The molecule has 0 unspecified atom stereocenters. The number of furan rings is 1. The average Bonchev–Trinajstić information content (AvgIpc) is 3.32. The monoisotopic (exact) mass is 539 g/mol. The van der Waals surface area contributed by atoms with E-state index in [0.29, 0.717) is 27.7 Å². The summed E-state index contributed by atoms with van der Waals surface area (Å²) in [6.07, 6.45) is -3.72. The van der Waals surface area contributed by atoms with E-state index in [-0.39, 0.29) is 17.1 Å². The molecule has 2 aromatic heterocycles. The normalized spacial score (nSPS) is 11.6. The van der Waals surface area contributed by atoms with Crippen molar-refractivity contribution in [2.75, 3.05) is 16.0 Å². The van der Waals surface area contributed by atoms with Crippen LogP contribution in [0.5, 0.6) is 0 Å². The van der Waals surface area contributed by atoms with Gasteiger partial charge in [-0.2, -0.15) is 13.2 Å². The summed E-state index contributed by atoms with van der Waals surface area (Å²) in [5, 5.41) is 5.04. The molecule has 1 amide bonds. The van der Waals surface area contributed by atoms with E-state index >= 15 is 0 Å². The second-order valence-electron chi connectivity index (χ2n) is 8.98. The number of amides is 1. The maximum atomic E-state index is 13.5. The van der Waals surface area contributed by atoms with Crippen molar-refractivity contribution in [3.05, 3.63) is 103 Å². The molecule has 198 valence electrons. The van der Waals surface area contributed by atoms with E-state index in [4.69, 9.17) is 10.2 Å². The minimum absolute atomic E-state index is 0.000696. The molecule has 0 atom stereocenters. The first-order chi connectivity index (χ1) is 19.3. The number of hydrogen-bond donors (Lipinski definition) is 2. The summed E-state index contributed by atoms with van der Waals surface area (Å²) < 4.78 is 46.7. The Bertz CT molecular complexity index is 1880. The summed E-state index contributed by atoms with van der Waals surface area (Å²) >= 11 is 0. The van der Waals surface area contributed by atoms with Crippen LogP contribution in [0.2, 0.25) is 0 Å². The van der Waals surface area contributed by atoms with E-state index in [2.05, 4.69) is 15.3 Å². The fraction of sp³-hybridized carbons (Fsp3) is 0.0333. The molecule has 0 fully saturated rings. The summed E-state index contributed by atoms with van der Waals surface area (Å²) in [6, 6.07) is 27.0. The molecule has 0 saturated heterocycles. The highest BCUT2D eigenvalue weighted by atomic mass is 19.4. The predicted molar refractivity (Wildman–Crippen MR) is 149 cm³/mol. The van der Waals surface area contributed by atoms with E-state index in [1.54, 1.807) is 12.1 Å². The highest BCUT2D eigenvalue weighted by Crippen LogP contribution is 2.36. The molecule has 0 bridgehead atoms. The van der Waals surface area contributed by atoms with Gasteiger partial charge in [0.2, 0.25) is 0 Å². The lowest BCUT2D eigenvalue weighted by Gasteiger charge is -2.25. The lowest BCUT2D eigenvalue weighted by molar-refractivity contribution is -0.169. The Labute approximate surface area is 225 Å². The number of rotatable bonds is 5. The van der Waals surface area contributed by atoms with Gasteiger partial charge in [0.25, 0.3) is 0 Å². The molecule has 4 aromatic carbocycles. The molecule has 0 radical (unpaired) electrons. The van der Waals surface area contributed by atoms with E-state index < -0.39 is 12.1 Å². The van der Waals surface area contributed by atoms with Crippen LogP contribution in [0.3, 0.4) is 0 Å². The van der Waals surface area contributed by atoms with Crippen LogP contribution in [-0.2, 0) is 4.79 Å². The Morgan fingerprint density at radius 3 is 2.35 bits per heavy atom. The van der Waals surface area contributed by atoms with E-state index in [1.165, 1.54) is 48.8 Å². The number of fused-ring (bicyclic) bond motifs is 3. The van der Waals surface area contributed by atoms with Crippen LogP contribution >= 0.6 is 0 Å². The van der Waals surface area contributed by atoms with Gasteiger partial charge in [-0.05, 0) is 48.5 Å². The van der Waals surface area contributed by atoms with Crippen LogP contribution in [0.4, 0.5) is 41.7 Å². The van der Waals surface area contributed by atoms with Crippen LogP contribution in [0.25, 0.3) is 33.2 Å². The Hall–Kier alpha value is -5.38. The van der Waals surface area contributed by atoms with Crippen molar-refractivity contribution in [2.45, 2.75) is 6.18 Å². The minimum atomic E-state index is -5.10. The third kappa shape index (κ3) is 4.66. The number of para-hydroxylation sites is 2. The number of carbonyl (C=O) groups excluding carboxylic acids is 1. The van der Waals surface area contributed by atoms with E-state index in [9.17, 15) is 18.0 Å². The number of aromatic nitrogens is 2. The summed E-state index contributed by atoms with van der Waals surface area (Å²) in [5.74, 6) is -1.65. The van der Waals surface area contributed by atoms with Crippen LogP contribution in [0.1, 0.15) is 0 Å². The summed E-state index contributed by atoms with van der Waals surface area (Å²) in [5.41, 5.74) is 9.19. The van der Waals surface area contributed by atoms with Gasteiger partial charge in [-0.3, -0.25) is 9.69 Å². The van der Waals surface area contributed by atoms with E-state index in [0.717, 1.165) is 21.9 Å². The quantitative estimate of drug-likeness (QED) is 0.219. The van der Waals surface area contributed by atoms with Gasteiger partial charge in [0.05, 0.1) is 17.1 Å². The number of nitrogen functional groups attached to an aromatic ring is 1. The fourth-order valence-corrected chi connectivity index (χ4v) is 4.57. The predicted octanol–water partition coefficient (Wildman–Crippen LogP) is 7.60. The molecule has 6 aromatic rings. The van der Waals surface area contributed by atoms with Crippen molar-refractivity contribution in [2.24, 2.45) is 0 Å². The Morgan fingerprint density at radius 2 is 1.55 bits per heavy atom. The Morgan fingerprint density at radius 1 is 0.825 bits per heavy atom. The first-order valence-electron chi connectivity index (χ1n) is 12.1. The largest absolute Gasteiger partial charge is 0.472 e. The Balaban J connectivity index is 1.36. The molecular weight excluding hydrogens is 519 g/mol. The van der Waals surface area contributed by atoms with Gasteiger partial charge in [-0.25, -0.2) is 9.97 Å². The van der Waals surface area contributed by atoms with Gasteiger partial charge in [0, 0.05) is 33.8 Å². The van der Waals surface area contributed by atoms with Gasteiger partial charge in [-0.1, -0.05) is 42.5 Å². The van der Waals surface area contributed by atoms with Crippen LogP contribution in [0.15, 0.2) is 108 Å². The SMILES string of the molecule is Nc1cccc(N(C(=O)C(F)(F)F)c2cccc(Nc3cc(-c4cccc5c4oc4ccccc45)ncn3)c2)c1. The molecule has 6 rings (SSSR count). The number of alkyl halides is 3. The molecule has 0 aliphatic carbocycles. The summed E-state index contributed by atoms with van der Waals surface area (Å²) in [7, 11) is 0. The molecule has 0 aliphatic heterocycles. The second kappa shape index (κ2) is 9.73. The number of benzene rings is 4. The van der Waals surface area contributed by atoms with Crippen molar-refractivity contribution in [1.82, 2.24) is 9.97 Å². The second-order valence-corrected chi connectivity index (χ2v) is 8.98. The summed E-state index contributed by atoms with van der Waals surface area (Å²) in [4.78, 5) is 21.7. The zero-order chi connectivity index (χ0) is 27.9. The molecule has 0 saturated carbocycles. The van der Waals surface area contributed by atoms with Crippen molar-refractivity contribution in [3.63, 3.8) is 0 Å². The standard InChI is InChI=1S/C30H20F3N5O2/c31-30(32,33)29(39)38(20-8-3-6-18(34)14-20)21-9-4-7-19(15-21)37-27-16-25(35-17-36-27)24-12-5-11-23-22-10-1-2-13-26(22)40-28(23)24/h1-17H,34H2,(H,35,36,37). The highest BCUT2D eigenvalue weighted by Gasteiger charge is 2.43. The summed E-state index contributed by atoms with van der Waals surface area (Å²) in [6.45, 7) is 0. The molecular formula is C30H20F3N5O2. The van der Waals surface area contributed by atoms with Crippen LogP contribution in [0, 0.1) is 0 Å². The maximum Gasteiger partial charge on any atom is 0.472 e. The Kier molecular flexibility index (Phi) is 6.07. The van der Waals surface area contributed by atoms with Crippen molar-refractivity contribution in [1.29, 1.82) is 0 Å². The lowest BCUT2D eigenvalue weighted by atomic mass is 10.1. The molecule has 7 nitrogen and oxygen atoms in total. The van der Waals surface area contributed by atoms with Crippen LogP contribution < -0.4 is 16.0 Å². The zero-order valence-corrected chi connectivity index (χ0v) is 20.7. The molecule has 0 aliphatic rings. The van der Waals surface area contributed by atoms with Crippen LogP contribution in [-0.4, -0.2) is 22.1 Å². The average molecular weight is 540 g/mol. The number of nitrogens with zero attached hydrogens (tertiary/aromatic N) is 3. The van der Waals surface area contributed by atoms with Gasteiger partial charge in [-0.15, -0.1) is 0 Å². The molecule has 40 heavy (non-hydrogen) atoms. The van der Waals surface area contributed by atoms with Gasteiger partial charge in [0.1, 0.15) is 23.3 Å². The first kappa shape index (κ1) is 24.9. The number of anilines is 5. The molecule has 2 heterocycles. The highest BCUT2D eigenvalue weighted by molar-refractivity contribution is 6.09.